The predicted octanol–water partition coefficient (Wildman–Crippen LogP) is -0.0677. The van der Waals surface area contributed by atoms with Gasteiger partial charge in [0.05, 0.1) is 0 Å². The third kappa shape index (κ3) is 4.17. The maximum Gasteiger partial charge on any atom is 0.326 e. The minimum absolute atomic E-state index is 0.162. The highest BCUT2D eigenvalue weighted by Crippen LogP contribution is 2.19. The molecule has 0 aliphatic carbocycles. The number of carboxylic acid groups (broad SMARTS) is 1. The van der Waals surface area contributed by atoms with E-state index in [1.165, 1.54) is 7.05 Å². The predicted molar refractivity (Wildman–Crippen MR) is 73.3 cm³/mol. The molecule has 0 radical (unpaired) electrons. The van der Waals surface area contributed by atoms with E-state index < -0.39 is 35.4 Å². The molecule has 4 amide bonds. The average molecular weight is 299 g/mol. The fraction of sp³-hybridized carbons (Fsp3) is 0.692. The molecule has 1 unspecified atom stereocenters. The van der Waals surface area contributed by atoms with Crippen LogP contribution in [0.5, 0.6) is 0 Å². The molecule has 1 rings (SSSR count). The molecule has 0 saturated carbocycles. The molecule has 1 saturated heterocycles. The van der Waals surface area contributed by atoms with Crippen LogP contribution in [0.4, 0.5) is 4.79 Å². The summed E-state index contributed by atoms with van der Waals surface area (Å²) in [6.45, 7) is 5.05. The van der Waals surface area contributed by atoms with Crippen LogP contribution in [0.2, 0.25) is 0 Å². The van der Waals surface area contributed by atoms with Crippen molar-refractivity contribution in [3.63, 3.8) is 0 Å². The standard InChI is InChI=1S/C13H21N3O5/c1-13(2,3)9(11(19)20)15-12(21)14-7-5-6-8(17)16(4)10(7)18/h7,9H,5-6H2,1-4H3,(H,19,20)(H2,14,15,21)/t7?,9-/m1/s1. The van der Waals surface area contributed by atoms with E-state index in [2.05, 4.69) is 10.6 Å². The lowest BCUT2D eigenvalue weighted by atomic mass is 9.87. The highest BCUT2D eigenvalue weighted by Gasteiger charge is 2.36. The van der Waals surface area contributed by atoms with Gasteiger partial charge in [0.2, 0.25) is 5.91 Å². The Kier molecular flexibility index (Phi) is 4.93. The second-order valence-electron chi connectivity index (χ2n) is 6.14. The number of carbonyl (C=O) groups excluding carboxylic acids is 3. The third-order valence-electron chi connectivity index (χ3n) is 3.34. The van der Waals surface area contributed by atoms with Crippen molar-refractivity contribution < 1.29 is 24.3 Å². The topological polar surface area (TPSA) is 116 Å². The van der Waals surface area contributed by atoms with Gasteiger partial charge in [0.15, 0.2) is 0 Å². The molecule has 1 aliphatic rings. The number of aliphatic carboxylic acids is 1. The van der Waals surface area contributed by atoms with Crippen LogP contribution in [0.25, 0.3) is 0 Å². The zero-order valence-corrected chi connectivity index (χ0v) is 12.6. The molecule has 0 aromatic carbocycles. The summed E-state index contributed by atoms with van der Waals surface area (Å²) in [5, 5.41) is 13.9. The van der Waals surface area contributed by atoms with Crippen molar-refractivity contribution in [1.82, 2.24) is 15.5 Å². The summed E-state index contributed by atoms with van der Waals surface area (Å²) in [5.74, 6) is -1.94. The number of nitrogens with one attached hydrogen (secondary N) is 2. The van der Waals surface area contributed by atoms with Gasteiger partial charge in [-0.2, -0.15) is 0 Å². The van der Waals surface area contributed by atoms with Crippen molar-refractivity contribution in [2.45, 2.75) is 45.7 Å². The SMILES string of the molecule is CN1C(=O)CCC(NC(=O)N[C@H](C(=O)O)C(C)(C)C)C1=O. The Morgan fingerprint density at radius 2 is 1.90 bits per heavy atom. The fourth-order valence-corrected chi connectivity index (χ4v) is 2.03. The lowest BCUT2D eigenvalue weighted by Crippen LogP contribution is -2.58. The van der Waals surface area contributed by atoms with E-state index in [4.69, 9.17) is 5.11 Å². The Hall–Kier alpha value is -2.12. The van der Waals surface area contributed by atoms with Gasteiger partial charge in [0, 0.05) is 13.5 Å². The number of piperidine rings is 1. The molecule has 8 nitrogen and oxygen atoms in total. The molecular formula is C13H21N3O5. The quantitative estimate of drug-likeness (QED) is 0.631. The van der Waals surface area contributed by atoms with Crippen molar-refractivity contribution in [2.75, 3.05) is 7.05 Å². The molecule has 21 heavy (non-hydrogen) atoms. The number of amides is 4. The van der Waals surface area contributed by atoms with Crippen LogP contribution in [0.3, 0.4) is 0 Å². The minimum atomic E-state index is -1.15. The lowest BCUT2D eigenvalue weighted by Gasteiger charge is -2.31. The molecule has 1 aliphatic heterocycles. The Bertz CT molecular complexity index is 469. The summed E-state index contributed by atoms with van der Waals surface area (Å²) in [6, 6.07) is -2.64. The molecule has 8 heteroatoms. The first-order chi connectivity index (χ1) is 9.54. The highest BCUT2D eigenvalue weighted by molar-refractivity contribution is 6.01. The maximum atomic E-state index is 11.9. The van der Waals surface area contributed by atoms with Crippen LogP contribution in [0.1, 0.15) is 33.6 Å². The van der Waals surface area contributed by atoms with Crippen molar-refractivity contribution in [3.8, 4) is 0 Å². The number of likely N-dealkylation sites (N-methyl/N-ethyl adjacent to an activating group) is 1. The first-order valence-corrected chi connectivity index (χ1v) is 6.64. The van der Waals surface area contributed by atoms with Gasteiger partial charge in [-0.3, -0.25) is 14.5 Å². The van der Waals surface area contributed by atoms with Gasteiger partial charge in [-0.15, -0.1) is 0 Å². The number of carboxylic acids is 1. The Balaban J connectivity index is 2.67. The van der Waals surface area contributed by atoms with Crippen LogP contribution in [-0.4, -0.2) is 53.0 Å². The summed E-state index contributed by atoms with van der Waals surface area (Å²) in [6.07, 6.45) is 0.373. The number of carbonyl (C=O) groups is 4. The second kappa shape index (κ2) is 6.11. The van der Waals surface area contributed by atoms with E-state index in [-0.39, 0.29) is 18.7 Å². The van der Waals surface area contributed by atoms with Crippen molar-refractivity contribution in [3.05, 3.63) is 0 Å². The molecular weight excluding hydrogens is 278 g/mol. The van der Waals surface area contributed by atoms with E-state index in [9.17, 15) is 19.2 Å². The zero-order valence-electron chi connectivity index (χ0n) is 12.6. The number of nitrogens with zero attached hydrogens (tertiary/aromatic N) is 1. The van der Waals surface area contributed by atoms with Crippen LogP contribution < -0.4 is 10.6 Å². The normalized spacial score (nSPS) is 21.0. The fourth-order valence-electron chi connectivity index (χ4n) is 2.03. The van der Waals surface area contributed by atoms with Crippen molar-refractivity contribution >= 4 is 23.8 Å². The third-order valence-corrected chi connectivity index (χ3v) is 3.34. The first kappa shape index (κ1) is 16.9. The molecule has 1 heterocycles. The second-order valence-corrected chi connectivity index (χ2v) is 6.14. The van der Waals surface area contributed by atoms with Crippen LogP contribution in [-0.2, 0) is 14.4 Å². The summed E-state index contributed by atoms with van der Waals surface area (Å²) < 4.78 is 0. The van der Waals surface area contributed by atoms with E-state index in [0.29, 0.717) is 0 Å². The first-order valence-electron chi connectivity index (χ1n) is 6.64. The minimum Gasteiger partial charge on any atom is -0.480 e. The Morgan fingerprint density at radius 1 is 1.33 bits per heavy atom. The van der Waals surface area contributed by atoms with Gasteiger partial charge in [0.25, 0.3) is 5.91 Å². The monoisotopic (exact) mass is 299 g/mol. The summed E-state index contributed by atoms with van der Waals surface area (Å²) >= 11 is 0. The Labute approximate surface area is 122 Å². The maximum absolute atomic E-state index is 11.9. The van der Waals surface area contributed by atoms with Crippen molar-refractivity contribution in [2.24, 2.45) is 5.41 Å². The van der Waals surface area contributed by atoms with Crippen LogP contribution in [0.15, 0.2) is 0 Å². The largest absolute Gasteiger partial charge is 0.480 e. The Morgan fingerprint density at radius 3 is 2.38 bits per heavy atom. The molecule has 2 atom stereocenters. The number of urea groups is 1. The smallest absolute Gasteiger partial charge is 0.326 e. The molecule has 0 bridgehead atoms. The van der Waals surface area contributed by atoms with E-state index in [0.717, 1.165) is 4.90 Å². The number of hydrogen-bond acceptors (Lipinski definition) is 4. The van der Waals surface area contributed by atoms with Crippen molar-refractivity contribution in [1.29, 1.82) is 0 Å². The zero-order chi connectivity index (χ0) is 16.4. The van der Waals surface area contributed by atoms with Gasteiger partial charge in [-0.1, -0.05) is 20.8 Å². The number of rotatable bonds is 3. The summed E-state index contributed by atoms with van der Waals surface area (Å²) in [4.78, 5) is 47.2. The lowest BCUT2D eigenvalue weighted by molar-refractivity contribution is -0.147. The summed E-state index contributed by atoms with van der Waals surface area (Å²) in [5.41, 5.74) is -0.674. The number of imide groups is 1. The van der Waals surface area contributed by atoms with Gasteiger partial charge in [-0.25, -0.2) is 9.59 Å². The van der Waals surface area contributed by atoms with Gasteiger partial charge < -0.3 is 15.7 Å². The highest BCUT2D eigenvalue weighted by atomic mass is 16.4. The molecule has 3 N–H and O–H groups in total. The molecule has 0 aromatic heterocycles. The molecule has 0 spiro atoms. The molecule has 1 fully saturated rings. The number of likely N-dealkylation sites (tertiary alicyclic amines) is 1. The van der Waals surface area contributed by atoms with Gasteiger partial charge in [0.1, 0.15) is 12.1 Å². The van der Waals surface area contributed by atoms with Gasteiger partial charge >= 0.3 is 12.0 Å². The molecule has 118 valence electrons. The summed E-state index contributed by atoms with van der Waals surface area (Å²) in [7, 11) is 1.35. The van der Waals surface area contributed by atoms with E-state index in [1.54, 1.807) is 20.8 Å². The van der Waals surface area contributed by atoms with Crippen LogP contribution >= 0.6 is 0 Å². The average Bonchev–Trinajstić information content (AvgIpc) is 2.35. The molecule has 0 aromatic rings. The number of hydrogen-bond donors (Lipinski definition) is 3. The van der Waals surface area contributed by atoms with Gasteiger partial charge in [-0.05, 0) is 11.8 Å². The van der Waals surface area contributed by atoms with Crippen LogP contribution in [0, 0.1) is 5.41 Å². The van der Waals surface area contributed by atoms with E-state index in [1.807, 2.05) is 0 Å². The van der Waals surface area contributed by atoms with E-state index >= 15 is 0 Å².